The molecular weight excluding hydrogens is 367 g/mol. The van der Waals surface area contributed by atoms with E-state index >= 15 is 0 Å². The topological polar surface area (TPSA) is 42.0 Å². The quantitative estimate of drug-likeness (QED) is 0.701. The Kier molecular flexibility index (Phi) is 4.31. The Hall–Kier alpha value is -2.05. The third-order valence-electron chi connectivity index (χ3n) is 3.00. The molecule has 0 aliphatic carbocycles. The third kappa shape index (κ3) is 3.23. The number of benzene rings is 2. The van der Waals surface area contributed by atoms with Crippen molar-refractivity contribution in [1.29, 1.82) is 0 Å². The van der Waals surface area contributed by atoms with Gasteiger partial charge in [-0.25, -0.2) is 9.37 Å². The highest BCUT2D eigenvalue weighted by atomic mass is 79.9. The van der Waals surface area contributed by atoms with Crippen molar-refractivity contribution < 1.29 is 9.18 Å². The van der Waals surface area contributed by atoms with Crippen molar-refractivity contribution >= 4 is 38.9 Å². The molecule has 1 N–H and O–H groups in total. The van der Waals surface area contributed by atoms with Crippen LogP contribution in [0.2, 0.25) is 0 Å². The van der Waals surface area contributed by atoms with E-state index in [2.05, 4.69) is 26.2 Å². The maximum atomic E-state index is 13.8. The number of nitrogens with zero attached hydrogens (tertiary/aromatic N) is 1. The summed E-state index contributed by atoms with van der Waals surface area (Å²) >= 11 is 4.71. The Morgan fingerprint density at radius 1 is 1.18 bits per heavy atom. The highest BCUT2D eigenvalue weighted by Gasteiger charge is 2.12. The summed E-state index contributed by atoms with van der Waals surface area (Å²) in [5.41, 5.74) is 1.59. The number of rotatable bonds is 3. The molecule has 0 spiro atoms. The summed E-state index contributed by atoms with van der Waals surface area (Å²) in [6, 6.07) is 11.6. The summed E-state index contributed by atoms with van der Waals surface area (Å²) in [5, 5.41) is 5.50. The predicted molar refractivity (Wildman–Crippen MR) is 89.6 cm³/mol. The number of carbonyl (C=O) groups excluding carboxylic acids is 1. The molecule has 3 nitrogen and oxygen atoms in total. The van der Waals surface area contributed by atoms with E-state index in [9.17, 15) is 9.18 Å². The molecule has 0 aliphatic rings. The summed E-state index contributed by atoms with van der Waals surface area (Å²) in [5.74, 6) is -1.04. The second kappa shape index (κ2) is 6.37. The molecule has 0 aliphatic heterocycles. The van der Waals surface area contributed by atoms with E-state index in [4.69, 9.17) is 0 Å². The van der Waals surface area contributed by atoms with Crippen LogP contribution in [0.5, 0.6) is 0 Å². The molecular formula is C16H10BrFN2OS. The van der Waals surface area contributed by atoms with Gasteiger partial charge in [0.2, 0.25) is 0 Å². The molecule has 6 heteroatoms. The lowest BCUT2D eigenvalue weighted by Gasteiger charge is -2.07. The van der Waals surface area contributed by atoms with Crippen LogP contribution >= 0.6 is 27.3 Å². The zero-order chi connectivity index (χ0) is 15.5. The van der Waals surface area contributed by atoms with E-state index < -0.39 is 11.7 Å². The first-order valence-corrected chi connectivity index (χ1v) is 8.07. The van der Waals surface area contributed by atoms with Gasteiger partial charge in [0.1, 0.15) is 10.8 Å². The van der Waals surface area contributed by atoms with Gasteiger partial charge in [0.05, 0.1) is 5.56 Å². The van der Waals surface area contributed by atoms with E-state index in [1.165, 1.54) is 12.1 Å². The number of carbonyl (C=O) groups is 1. The first-order valence-electron chi connectivity index (χ1n) is 6.40. The first kappa shape index (κ1) is 14.9. The number of thiazole rings is 1. The Labute approximate surface area is 139 Å². The second-order valence-corrected chi connectivity index (χ2v) is 6.30. The van der Waals surface area contributed by atoms with Gasteiger partial charge in [-0.3, -0.25) is 4.79 Å². The van der Waals surface area contributed by atoms with E-state index in [-0.39, 0.29) is 5.56 Å². The first-order chi connectivity index (χ1) is 10.6. The zero-order valence-corrected chi connectivity index (χ0v) is 13.6. The zero-order valence-electron chi connectivity index (χ0n) is 11.2. The molecule has 0 bridgehead atoms. The van der Waals surface area contributed by atoms with Gasteiger partial charge in [-0.15, -0.1) is 11.3 Å². The van der Waals surface area contributed by atoms with E-state index in [0.717, 1.165) is 10.6 Å². The molecule has 0 unspecified atom stereocenters. The molecule has 1 aromatic heterocycles. The van der Waals surface area contributed by atoms with Crippen LogP contribution in [-0.4, -0.2) is 10.9 Å². The second-order valence-electron chi connectivity index (χ2n) is 4.49. The fourth-order valence-electron chi connectivity index (χ4n) is 1.93. The molecule has 3 rings (SSSR count). The number of aromatic nitrogens is 1. The average Bonchev–Trinajstić information content (AvgIpc) is 3.02. The van der Waals surface area contributed by atoms with Crippen LogP contribution < -0.4 is 5.32 Å². The van der Waals surface area contributed by atoms with E-state index in [1.807, 2.05) is 17.5 Å². The maximum absolute atomic E-state index is 13.8. The van der Waals surface area contributed by atoms with Crippen molar-refractivity contribution in [1.82, 2.24) is 4.98 Å². The number of hydrogen-bond acceptors (Lipinski definition) is 3. The molecule has 3 aromatic rings. The van der Waals surface area contributed by atoms with Crippen molar-refractivity contribution in [3.8, 4) is 10.6 Å². The Balaban J connectivity index is 1.77. The summed E-state index contributed by atoms with van der Waals surface area (Å²) < 4.78 is 14.3. The normalized spacial score (nSPS) is 10.5. The number of amides is 1. The SMILES string of the molecule is O=C(Nc1ccc(-c2nccs2)cc1)c1ccc(Br)cc1F. The summed E-state index contributed by atoms with van der Waals surface area (Å²) in [4.78, 5) is 16.3. The lowest BCUT2D eigenvalue weighted by molar-refractivity contribution is 0.102. The van der Waals surface area contributed by atoms with Gasteiger partial charge in [0, 0.05) is 27.3 Å². The van der Waals surface area contributed by atoms with Gasteiger partial charge in [0.15, 0.2) is 0 Å². The van der Waals surface area contributed by atoms with Gasteiger partial charge in [0.25, 0.3) is 5.91 Å². The highest BCUT2D eigenvalue weighted by Crippen LogP contribution is 2.23. The van der Waals surface area contributed by atoms with Crippen molar-refractivity contribution in [3.05, 3.63) is 69.9 Å². The molecule has 0 saturated carbocycles. The highest BCUT2D eigenvalue weighted by molar-refractivity contribution is 9.10. The number of hydrogen-bond donors (Lipinski definition) is 1. The molecule has 0 saturated heterocycles. The summed E-state index contributed by atoms with van der Waals surface area (Å²) in [6.07, 6.45) is 1.74. The summed E-state index contributed by atoms with van der Waals surface area (Å²) in [6.45, 7) is 0. The monoisotopic (exact) mass is 376 g/mol. The van der Waals surface area contributed by atoms with E-state index in [0.29, 0.717) is 10.2 Å². The molecule has 1 heterocycles. The van der Waals surface area contributed by atoms with Crippen LogP contribution in [0.4, 0.5) is 10.1 Å². The lowest BCUT2D eigenvalue weighted by Crippen LogP contribution is -2.13. The maximum Gasteiger partial charge on any atom is 0.258 e. The summed E-state index contributed by atoms with van der Waals surface area (Å²) in [7, 11) is 0. The van der Waals surface area contributed by atoms with Crippen LogP contribution in [0.15, 0.2) is 58.5 Å². The van der Waals surface area contributed by atoms with Crippen LogP contribution in [0.3, 0.4) is 0 Å². The molecule has 0 fully saturated rings. The van der Waals surface area contributed by atoms with Crippen molar-refractivity contribution in [2.45, 2.75) is 0 Å². The predicted octanol–water partition coefficient (Wildman–Crippen LogP) is 4.96. The van der Waals surface area contributed by atoms with Crippen molar-refractivity contribution in [2.75, 3.05) is 5.32 Å². The number of halogens is 2. The van der Waals surface area contributed by atoms with Crippen molar-refractivity contribution in [3.63, 3.8) is 0 Å². The van der Waals surface area contributed by atoms with Gasteiger partial charge in [-0.05, 0) is 42.5 Å². The number of nitrogens with one attached hydrogen (secondary N) is 1. The van der Waals surface area contributed by atoms with Gasteiger partial charge >= 0.3 is 0 Å². The Bertz CT molecular complexity index is 804. The minimum atomic E-state index is -0.564. The standard InChI is InChI=1S/C16H10BrFN2OS/c17-11-3-6-13(14(18)9-11)15(21)20-12-4-1-10(2-5-12)16-19-7-8-22-16/h1-9H,(H,20,21). The van der Waals surface area contributed by atoms with Crippen LogP contribution in [-0.2, 0) is 0 Å². The minimum Gasteiger partial charge on any atom is -0.322 e. The van der Waals surface area contributed by atoms with Crippen molar-refractivity contribution in [2.24, 2.45) is 0 Å². The fraction of sp³-hybridized carbons (Fsp3) is 0. The smallest absolute Gasteiger partial charge is 0.258 e. The van der Waals surface area contributed by atoms with E-state index in [1.54, 1.807) is 35.7 Å². The molecule has 2 aromatic carbocycles. The van der Waals surface area contributed by atoms with Gasteiger partial charge < -0.3 is 5.32 Å². The van der Waals surface area contributed by atoms with Gasteiger partial charge in [-0.1, -0.05) is 15.9 Å². The minimum absolute atomic E-state index is 0.00667. The third-order valence-corrected chi connectivity index (χ3v) is 4.31. The Morgan fingerprint density at radius 2 is 1.95 bits per heavy atom. The van der Waals surface area contributed by atoms with Crippen LogP contribution in [0.1, 0.15) is 10.4 Å². The molecule has 1 amide bonds. The molecule has 0 radical (unpaired) electrons. The van der Waals surface area contributed by atoms with Crippen LogP contribution in [0, 0.1) is 5.82 Å². The molecule has 0 atom stereocenters. The largest absolute Gasteiger partial charge is 0.322 e. The van der Waals surface area contributed by atoms with Gasteiger partial charge in [-0.2, -0.15) is 0 Å². The molecule has 22 heavy (non-hydrogen) atoms. The molecule has 110 valence electrons. The number of anilines is 1. The Morgan fingerprint density at radius 3 is 2.59 bits per heavy atom. The fourth-order valence-corrected chi connectivity index (χ4v) is 2.91. The van der Waals surface area contributed by atoms with Crippen LogP contribution in [0.25, 0.3) is 10.6 Å². The lowest BCUT2D eigenvalue weighted by atomic mass is 10.1. The average molecular weight is 377 g/mol.